The summed E-state index contributed by atoms with van der Waals surface area (Å²) < 4.78 is 0. The van der Waals surface area contributed by atoms with Crippen molar-refractivity contribution in [2.45, 2.75) is 32.1 Å². The molecular weight excluding hydrogens is 271 g/mol. The van der Waals surface area contributed by atoms with Gasteiger partial charge in [0.25, 0.3) is 0 Å². The Morgan fingerprint density at radius 2 is 1.77 bits per heavy atom. The van der Waals surface area contributed by atoms with Gasteiger partial charge in [-0.25, -0.2) is 0 Å². The van der Waals surface area contributed by atoms with Crippen LogP contribution >= 0.6 is 0 Å². The highest BCUT2D eigenvalue weighted by Gasteiger charge is 2.17. The van der Waals surface area contributed by atoms with Crippen LogP contribution in [0.2, 0.25) is 0 Å². The summed E-state index contributed by atoms with van der Waals surface area (Å²) in [5.41, 5.74) is 5.95. The Labute approximate surface area is 132 Å². The maximum Gasteiger partial charge on any atom is 0.484 e. The molecule has 0 heterocycles. The molecule has 1 aromatic rings. The molecule has 0 amide bonds. The lowest BCUT2D eigenvalue weighted by Gasteiger charge is -2.14. The summed E-state index contributed by atoms with van der Waals surface area (Å²) in [7, 11) is -1.31. The van der Waals surface area contributed by atoms with Crippen molar-refractivity contribution in [2.75, 3.05) is 0 Å². The summed E-state index contributed by atoms with van der Waals surface area (Å²) >= 11 is 0. The Bertz CT molecular complexity index is 649. The summed E-state index contributed by atoms with van der Waals surface area (Å²) in [4.78, 5) is 0. The molecular formula is C19H21BO2. The third-order valence-corrected chi connectivity index (χ3v) is 4.31. The molecule has 2 aliphatic rings. The van der Waals surface area contributed by atoms with E-state index in [0.717, 1.165) is 32.1 Å². The molecule has 0 radical (unpaired) electrons. The molecule has 1 aromatic carbocycles. The Hall–Kier alpha value is -1.84. The zero-order valence-corrected chi connectivity index (χ0v) is 12.7. The van der Waals surface area contributed by atoms with Crippen LogP contribution in [0.3, 0.4) is 0 Å². The highest BCUT2D eigenvalue weighted by Crippen LogP contribution is 2.25. The van der Waals surface area contributed by atoms with Gasteiger partial charge in [-0.1, -0.05) is 60.2 Å². The van der Waals surface area contributed by atoms with E-state index >= 15 is 0 Å². The van der Waals surface area contributed by atoms with Crippen LogP contribution in [0.15, 0.2) is 65.7 Å². The summed E-state index contributed by atoms with van der Waals surface area (Å²) in [5, 5.41) is 18.3. The number of hydrogen-bond donors (Lipinski definition) is 2. The lowest BCUT2D eigenvalue weighted by molar-refractivity contribution is 0.416. The fourth-order valence-corrected chi connectivity index (χ4v) is 2.96. The van der Waals surface area contributed by atoms with E-state index in [4.69, 9.17) is 10.0 Å². The molecule has 0 atom stereocenters. The van der Waals surface area contributed by atoms with Crippen molar-refractivity contribution < 1.29 is 10.0 Å². The normalized spacial score (nSPS) is 17.6. The number of rotatable bonds is 4. The Morgan fingerprint density at radius 3 is 2.36 bits per heavy atom. The van der Waals surface area contributed by atoms with E-state index in [-0.39, 0.29) is 0 Å². The van der Waals surface area contributed by atoms with Gasteiger partial charge in [0.2, 0.25) is 0 Å². The SMILES string of the molecule is OB(O)C1=CC=C(Cc2ccc(C3=CCCC=C3)cc2)CC1. The summed E-state index contributed by atoms with van der Waals surface area (Å²) in [6, 6.07) is 8.77. The Morgan fingerprint density at radius 1 is 0.955 bits per heavy atom. The molecule has 0 bridgehead atoms. The minimum absolute atomic E-state index is 0.704. The molecule has 2 aliphatic carbocycles. The minimum atomic E-state index is -1.31. The van der Waals surface area contributed by atoms with E-state index < -0.39 is 7.12 Å². The highest BCUT2D eigenvalue weighted by molar-refractivity contribution is 6.50. The first-order valence-corrected chi connectivity index (χ1v) is 7.93. The van der Waals surface area contributed by atoms with Gasteiger partial charge in [-0.2, -0.15) is 0 Å². The van der Waals surface area contributed by atoms with Gasteiger partial charge in [0.15, 0.2) is 0 Å². The van der Waals surface area contributed by atoms with Crippen LogP contribution in [0.4, 0.5) is 0 Å². The molecule has 0 spiro atoms. The standard InChI is InChI=1S/C19H21BO2/c21-20(22)19-12-8-16(9-13-19)14-15-6-10-18(11-7-15)17-4-2-1-3-5-17/h2,4-8,10-12,21-22H,1,3,9,13-14H2. The van der Waals surface area contributed by atoms with Crippen LogP contribution in [-0.4, -0.2) is 17.2 Å². The van der Waals surface area contributed by atoms with Crippen LogP contribution < -0.4 is 0 Å². The molecule has 0 fully saturated rings. The largest absolute Gasteiger partial charge is 0.484 e. The number of benzene rings is 1. The average molecular weight is 292 g/mol. The van der Waals surface area contributed by atoms with Gasteiger partial charge in [-0.3, -0.25) is 0 Å². The quantitative estimate of drug-likeness (QED) is 0.832. The van der Waals surface area contributed by atoms with Crippen molar-refractivity contribution in [1.82, 2.24) is 0 Å². The zero-order chi connectivity index (χ0) is 15.4. The van der Waals surface area contributed by atoms with Crippen molar-refractivity contribution in [2.24, 2.45) is 0 Å². The molecule has 0 unspecified atom stereocenters. The van der Waals surface area contributed by atoms with Gasteiger partial charge >= 0.3 is 7.12 Å². The predicted octanol–water partition coefficient (Wildman–Crippen LogP) is 3.62. The molecule has 0 saturated heterocycles. The van der Waals surface area contributed by atoms with Crippen molar-refractivity contribution in [3.63, 3.8) is 0 Å². The maximum absolute atomic E-state index is 9.15. The minimum Gasteiger partial charge on any atom is -0.423 e. The first kappa shape index (κ1) is 15.1. The third-order valence-electron chi connectivity index (χ3n) is 4.31. The second-order valence-corrected chi connectivity index (χ2v) is 5.95. The van der Waals surface area contributed by atoms with Crippen LogP contribution in [0.25, 0.3) is 5.57 Å². The van der Waals surface area contributed by atoms with Gasteiger partial charge in [-0.05, 0) is 54.3 Å². The smallest absolute Gasteiger partial charge is 0.423 e. The molecule has 3 rings (SSSR count). The highest BCUT2D eigenvalue weighted by atomic mass is 16.4. The molecule has 0 aliphatic heterocycles. The monoisotopic (exact) mass is 292 g/mol. The first-order chi connectivity index (χ1) is 10.7. The second kappa shape index (κ2) is 6.95. The van der Waals surface area contributed by atoms with Crippen LogP contribution in [-0.2, 0) is 6.42 Å². The van der Waals surface area contributed by atoms with Crippen molar-refractivity contribution >= 4 is 12.7 Å². The number of allylic oxidation sites excluding steroid dienone is 8. The lowest BCUT2D eigenvalue weighted by Crippen LogP contribution is -2.17. The van der Waals surface area contributed by atoms with E-state index in [1.807, 2.05) is 12.2 Å². The molecule has 3 heteroatoms. The van der Waals surface area contributed by atoms with Gasteiger partial charge in [0.1, 0.15) is 0 Å². The summed E-state index contributed by atoms with van der Waals surface area (Å²) in [6.45, 7) is 0. The van der Waals surface area contributed by atoms with E-state index in [0.29, 0.717) is 5.47 Å². The predicted molar refractivity (Wildman–Crippen MR) is 92.1 cm³/mol. The molecule has 0 aromatic heterocycles. The van der Waals surface area contributed by atoms with E-state index in [1.165, 1.54) is 22.3 Å². The summed E-state index contributed by atoms with van der Waals surface area (Å²) in [5.74, 6) is 0. The fourth-order valence-electron chi connectivity index (χ4n) is 2.96. The lowest BCUT2D eigenvalue weighted by atomic mass is 9.73. The Balaban J connectivity index is 1.67. The molecule has 0 saturated carbocycles. The van der Waals surface area contributed by atoms with E-state index in [2.05, 4.69) is 42.5 Å². The van der Waals surface area contributed by atoms with Gasteiger partial charge in [-0.15, -0.1) is 0 Å². The molecule has 22 heavy (non-hydrogen) atoms. The molecule has 2 nitrogen and oxygen atoms in total. The molecule has 112 valence electrons. The van der Waals surface area contributed by atoms with Gasteiger partial charge in [0.05, 0.1) is 0 Å². The average Bonchev–Trinajstić information content (AvgIpc) is 2.57. The third kappa shape index (κ3) is 3.67. The van der Waals surface area contributed by atoms with Crippen molar-refractivity contribution in [1.29, 1.82) is 0 Å². The summed E-state index contributed by atoms with van der Waals surface area (Å²) in [6.07, 6.45) is 15.4. The van der Waals surface area contributed by atoms with Crippen LogP contribution in [0.5, 0.6) is 0 Å². The maximum atomic E-state index is 9.15. The van der Waals surface area contributed by atoms with Crippen molar-refractivity contribution in [3.8, 4) is 0 Å². The van der Waals surface area contributed by atoms with Crippen LogP contribution in [0.1, 0.15) is 36.8 Å². The first-order valence-electron chi connectivity index (χ1n) is 7.93. The molecule has 2 N–H and O–H groups in total. The van der Waals surface area contributed by atoms with E-state index in [9.17, 15) is 0 Å². The Kier molecular flexibility index (Phi) is 4.76. The van der Waals surface area contributed by atoms with Crippen LogP contribution in [0, 0.1) is 0 Å². The van der Waals surface area contributed by atoms with Gasteiger partial charge < -0.3 is 10.0 Å². The van der Waals surface area contributed by atoms with E-state index in [1.54, 1.807) is 0 Å². The van der Waals surface area contributed by atoms with Gasteiger partial charge in [0, 0.05) is 0 Å². The second-order valence-electron chi connectivity index (χ2n) is 5.95. The topological polar surface area (TPSA) is 40.5 Å². The zero-order valence-electron chi connectivity index (χ0n) is 12.7. The van der Waals surface area contributed by atoms with Crippen molar-refractivity contribution in [3.05, 3.63) is 76.8 Å². The number of hydrogen-bond acceptors (Lipinski definition) is 2. The fraction of sp³-hybridized carbons (Fsp3) is 0.263.